The lowest BCUT2D eigenvalue weighted by molar-refractivity contribution is 0.396. The molecular weight excluding hydrogens is 266 g/mol. The average molecular weight is 298 g/mol. The van der Waals surface area contributed by atoms with Crippen molar-refractivity contribution >= 4 is 11.3 Å². The van der Waals surface area contributed by atoms with Crippen molar-refractivity contribution in [3.63, 3.8) is 0 Å². The van der Waals surface area contributed by atoms with E-state index in [1.807, 2.05) is 11.3 Å². The molecule has 0 saturated heterocycles. The summed E-state index contributed by atoms with van der Waals surface area (Å²) in [6.45, 7) is 5.58. The number of hydrogen-bond acceptors (Lipinski definition) is 3. The highest BCUT2D eigenvalue weighted by Gasteiger charge is 2.16. The van der Waals surface area contributed by atoms with Crippen molar-refractivity contribution in [2.75, 3.05) is 13.7 Å². The fourth-order valence-electron chi connectivity index (χ4n) is 2.51. The predicted octanol–water partition coefficient (Wildman–Crippen LogP) is 5.55. The number of methoxy groups -OCH3 is 1. The molecule has 1 aromatic rings. The quantitative estimate of drug-likeness (QED) is 0.511. The maximum atomic E-state index is 5.48. The second kappa shape index (κ2) is 11.2. The first kappa shape index (κ1) is 17.5. The molecule has 0 aliphatic heterocycles. The first-order chi connectivity index (χ1) is 9.83. The van der Waals surface area contributed by atoms with Gasteiger partial charge in [0.2, 0.25) is 0 Å². The van der Waals surface area contributed by atoms with E-state index in [-0.39, 0.29) is 0 Å². The largest absolute Gasteiger partial charge is 0.496 e. The van der Waals surface area contributed by atoms with Crippen LogP contribution in [0.1, 0.15) is 76.1 Å². The van der Waals surface area contributed by atoms with E-state index in [0.29, 0.717) is 6.04 Å². The van der Waals surface area contributed by atoms with E-state index >= 15 is 0 Å². The van der Waals surface area contributed by atoms with Gasteiger partial charge in [-0.25, -0.2) is 0 Å². The number of thiophene rings is 1. The van der Waals surface area contributed by atoms with Gasteiger partial charge in [-0.1, -0.05) is 52.4 Å². The summed E-state index contributed by atoms with van der Waals surface area (Å²) >= 11 is 1.82. The van der Waals surface area contributed by atoms with E-state index in [0.717, 1.165) is 12.3 Å². The molecule has 0 fully saturated rings. The van der Waals surface area contributed by atoms with Gasteiger partial charge < -0.3 is 10.1 Å². The Morgan fingerprint density at radius 3 is 2.55 bits per heavy atom. The smallest absolute Gasteiger partial charge is 0.134 e. The van der Waals surface area contributed by atoms with Gasteiger partial charge in [-0.05, 0) is 30.8 Å². The number of nitrogens with one attached hydrogen (secondary N) is 1. The molecule has 0 bridgehead atoms. The maximum Gasteiger partial charge on any atom is 0.134 e. The molecule has 0 aliphatic rings. The zero-order chi connectivity index (χ0) is 14.6. The highest BCUT2D eigenvalue weighted by molar-refractivity contribution is 7.10. The Labute approximate surface area is 128 Å². The van der Waals surface area contributed by atoms with Crippen LogP contribution in [0.2, 0.25) is 0 Å². The molecule has 116 valence electrons. The van der Waals surface area contributed by atoms with Gasteiger partial charge in [0.15, 0.2) is 0 Å². The van der Waals surface area contributed by atoms with Gasteiger partial charge in [-0.3, -0.25) is 0 Å². The van der Waals surface area contributed by atoms with E-state index in [2.05, 4.69) is 30.6 Å². The predicted molar refractivity (Wildman–Crippen MR) is 89.9 cm³/mol. The van der Waals surface area contributed by atoms with Crippen molar-refractivity contribution in [3.8, 4) is 5.75 Å². The van der Waals surface area contributed by atoms with Crippen LogP contribution in [-0.2, 0) is 0 Å². The molecule has 0 aromatic carbocycles. The first-order valence-electron chi connectivity index (χ1n) is 8.18. The third kappa shape index (κ3) is 6.27. The fourth-order valence-corrected chi connectivity index (χ4v) is 3.48. The van der Waals surface area contributed by atoms with Crippen LogP contribution in [0.4, 0.5) is 0 Å². The second-order valence-electron chi connectivity index (χ2n) is 5.42. The summed E-state index contributed by atoms with van der Waals surface area (Å²) in [5.74, 6) is 1.05. The minimum Gasteiger partial charge on any atom is -0.496 e. The molecule has 0 aliphatic carbocycles. The zero-order valence-electron chi connectivity index (χ0n) is 13.4. The topological polar surface area (TPSA) is 21.3 Å². The van der Waals surface area contributed by atoms with E-state index < -0.39 is 0 Å². The summed E-state index contributed by atoms with van der Waals surface area (Å²) in [5, 5.41) is 5.81. The lowest BCUT2D eigenvalue weighted by Gasteiger charge is -2.18. The summed E-state index contributed by atoms with van der Waals surface area (Å²) in [4.78, 5) is 1.37. The van der Waals surface area contributed by atoms with Crippen molar-refractivity contribution in [2.24, 2.45) is 0 Å². The Morgan fingerprint density at radius 1 is 1.10 bits per heavy atom. The van der Waals surface area contributed by atoms with Gasteiger partial charge in [-0.15, -0.1) is 11.3 Å². The lowest BCUT2D eigenvalue weighted by atomic mass is 10.0. The third-order valence-electron chi connectivity index (χ3n) is 3.68. The molecule has 1 atom stereocenters. The highest BCUT2D eigenvalue weighted by atomic mass is 32.1. The van der Waals surface area contributed by atoms with Crippen molar-refractivity contribution in [3.05, 3.63) is 16.3 Å². The summed E-state index contributed by atoms with van der Waals surface area (Å²) < 4.78 is 5.48. The summed E-state index contributed by atoms with van der Waals surface area (Å²) in [6, 6.07) is 2.55. The molecule has 1 aromatic heterocycles. The third-order valence-corrected chi connectivity index (χ3v) is 4.69. The maximum absolute atomic E-state index is 5.48. The number of ether oxygens (including phenoxy) is 1. The monoisotopic (exact) mass is 297 g/mol. The number of rotatable bonds is 12. The summed E-state index contributed by atoms with van der Waals surface area (Å²) in [6.07, 6.45) is 10.6. The van der Waals surface area contributed by atoms with Gasteiger partial charge in [0.1, 0.15) is 5.75 Å². The van der Waals surface area contributed by atoms with Gasteiger partial charge in [-0.2, -0.15) is 0 Å². The Kier molecular flexibility index (Phi) is 9.77. The van der Waals surface area contributed by atoms with Crippen LogP contribution >= 0.6 is 11.3 Å². The molecule has 0 saturated carbocycles. The fraction of sp³-hybridized carbons (Fsp3) is 0.765. The van der Waals surface area contributed by atoms with E-state index in [1.165, 1.54) is 56.2 Å². The molecule has 0 radical (unpaired) electrons. The van der Waals surface area contributed by atoms with Crippen LogP contribution in [0, 0.1) is 0 Å². The Hall–Kier alpha value is -0.540. The molecule has 20 heavy (non-hydrogen) atoms. The van der Waals surface area contributed by atoms with Crippen LogP contribution in [-0.4, -0.2) is 13.7 Å². The lowest BCUT2D eigenvalue weighted by Crippen LogP contribution is -2.21. The minimum absolute atomic E-state index is 0.469. The van der Waals surface area contributed by atoms with Gasteiger partial charge in [0.25, 0.3) is 0 Å². The van der Waals surface area contributed by atoms with Gasteiger partial charge in [0.05, 0.1) is 12.0 Å². The van der Waals surface area contributed by atoms with E-state index in [4.69, 9.17) is 4.74 Å². The van der Waals surface area contributed by atoms with Crippen LogP contribution in [0.25, 0.3) is 0 Å². The van der Waals surface area contributed by atoms with Crippen LogP contribution < -0.4 is 10.1 Å². The molecule has 0 amide bonds. The number of unbranched alkanes of at least 4 members (excludes halogenated alkanes) is 5. The zero-order valence-corrected chi connectivity index (χ0v) is 14.2. The van der Waals surface area contributed by atoms with Crippen molar-refractivity contribution in [1.82, 2.24) is 5.32 Å². The summed E-state index contributed by atoms with van der Waals surface area (Å²) in [5.41, 5.74) is 0. The molecule has 1 rings (SSSR count). The second-order valence-corrected chi connectivity index (χ2v) is 6.36. The molecule has 1 N–H and O–H groups in total. The molecule has 0 spiro atoms. The van der Waals surface area contributed by atoms with Gasteiger partial charge in [0, 0.05) is 6.04 Å². The molecule has 3 heteroatoms. The standard InChI is InChI=1S/C17H31NOS/c1-4-6-7-8-9-10-11-15(18-13-5-2)17-16(19-3)12-14-20-17/h12,14-15,18H,4-11,13H2,1-3H3. The molecular formula is C17H31NOS. The first-order valence-corrected chi connectivity index (χ1v) is 9.06. The van der Waals surface area contributed by atoms with Crippen molar-refractivity contribution in [2.45, 2.75) is 71.3 Å². The van der Waals surface area contributed by atoms with Crippen molar-refractivity contribution < 1.29 is 4.74 Å². The highest BCUT2D eigenvalue weighted by Crippen LogP contribution is 2.33. The number of hydrogen-bond donors (Lipinski definition) is 1. The summed E-state index contributed by atoms with van der Waals surface area (Å²) in [7, 11) is 1.77. The Bertz CT molecular complexity index is 337. The van der Waals surface area contributed by atoms with Crippen LogP contribution in [0.15, 0.2) is 11.4 Å². The Balaban J connectivity index is 2.40. The molecule has 1 heterocycles. The SMILES string of the molecule is CCCCCCCCC(NCCC)c1sccc1OC. The minimum atomic E-state index is 0.469. The molecule has 1 unspecified atom stereocenters. The normalized spacial score (nSPS) is 12.6. The van der Waals surface area contributed by atoms with Crippen molar-refractivity contribution in [1.29, 1.82) is 0 Å². The van der Waals surface area contributed by atoms with Crippen LogP contribution in [0.3, 0.4) is 0 Å². The van der Waals surface area contributed by atoms with Gasteiger partial charge >= 0.3 is 0 Å². The molecule has 2 nitrogen and oxygen atoms in total. The average Bonchev–Trinajstić information content (AvgIpc) is 2.94. The Morgan fingerprint density at radius 2 is 1.85 bits per heavy atom. The van der Waals surface area contributed by atoms with E-state index in [9.17, 15) is 0 Å². The van der Waals surface area contributed by atoms with E-state index in [1.54, 1.807) is 7.11 Å². The van der Waals surface area contributed by atoms with Crippen LogP contribution in [0.5, 0.6) is 5.75 Å².